The third kappa shape index (κ3) is 3.45. The highest BCUT2D eigenvalue weighted by Gasteiger charge is 2.07. The van der Waals surface area contributed by atoms with Gasteiger partial charge in [-0.2, -0.15) is 0 Å². The van der Waals surface area contributed by atoms with E-state index in [0.29, 0.717) is 6.01 Å². The zero-order valence-corrected chi connectivity index (χ0v) is 13.1. The summed E-state index contributed by atoms with van der Waals surface area (Å²) in [7, 11) is 1.54. The molecule has 3 aromatic rings. The van der Waals surface area contributed by atoms with Gasteiger partial charge in [0.05, 0.1) is 12.7 Å². The van der Waals surface area contributed by atoms with Crippen molar-refractivity contribution in [3.05, 3.63) is 48.8 Å². The number of nitrogens with zero attached hydrogens (tertiary/aromatic N) is 5. The maximum atomic E-state index is 4.98. The van der Waals surface area contributed by atoms with Crippen LogP contribution in [0.2, 0.25) is 0 Å². The van der Waals surface area contributed by atoms with E-state index in [1.807, 2.05) is 25.4 Å². The lowest BCUT2D eigenvalue weighted by atomic mass is 10.2. The lowest BCUT2D eigenvalue weighted by molar-refractivity contribution is 0.380. The number of pyridine rings is 1. The Hall–Kier alpha value is -2.96. The molecule has 0 aliphatic carbocycles. The first-order valence-electron chi connectivity index (χ1n) is 7.30. The second-order valence-corrected chi connectivity index (χ2v) is 5.02. The van der Waals surface area contributed by atoms with Gasteiger partial charge in [0.15, 0.2) is 0 Å². The van der Waals surface area contributed by atoms with Gasteiger partial charge in [0.1, 0.15) is 5.82 Å². The Bertz CT molecular complexity index is 768. The normalized spacial score (nSPS) is 10.5. The highest BCUT2D eigenvalue weighted by Crippen LogP contribution is 2.17. The number of methoxy groups -OCH3 is 1. The molecule has 0 aliphatic heterocycles. The standard InChI is InChI=1S/C16H18N6O/c1-12-9-17-4-3-14(12)18-5-7-22-8-6-19-15(22)13-10-20-16(23-2)21-11-13/h3-4,6,8-11H,5,7H2,1-2H3,(H,17,18). The summed E-state index contributed by atoms with van der Waals surface area (Å²) in [5.74, 6) is 0.834. The first kappa shape index (κ1) is 15.0. The number of hydrogen-bond donors (Lipinski definition) is 1. The van der Waals surface area contributed by atoms with Gasteiger partial charge in [-0.15, -0.1) is 0 Å². The van der Waals surface area contributed by atoms with Gasteiger partial charge in [0.2, 0.25) is 0 Å². The molecule has 118 valence electrons. The smallest absolute Gasteiger partial charge is 0.316 e. The molecule has 0 fully saturated rings. The van der Waals surface area contributed by atoms with Crippen molar-refractivity contribution in [1.82, 2.24) is 24.5 Å². The average molecular weight is 310 g/mol. The number of ether oxygens (including phenoxy) is 1. The zero-order chi connectivity index (χ0) is 16.1. The topological polar surface area (TPSA) is 77.8 Å². The van der Waals surface area contributed by atoms with E-state index in [4.69, 9.17) is 4.74 Å². The Labute approximate surface area is 134 Å². The quantitative estimate of drug-likeness (QED) is 0.752. The van der Waals surface area contributed by atoms with Gasteiger partial charge in [-0.25, -0.2) is 15.0 Å². The summed E-state index contributed by atoms with van der Waals surface area (Å²) >= 11 is 0. The van der Waals surface area contributed by atoms with Crippen LogP contribution in [0.15, 0.2) is 43.2 Å². The molecule has 0 bridgehead atoms. The van der Waals surface area contributed by atoms with Crippen molar-refractivity contribution in [3.8, 4) is 17.4 Å². The number of imidazole rings is 1. The highest BCUT2D eigenvalue weighted by atomic mass is 16.5. The van der Waals surface area contributed by atoms with E-state index in [1.54, 1.807) is 31.9 Å². The third-order valence-corrected chi connectivity index (χ3v) is 3.47. The van der Waals surface area contributed by atoms with Gasteiger partial charge in [-0.05, 0) is 18.6 Å². The van der Waals surface area contributed by atoms with Gasteiger partial charge >= 0.3 is 6.01 Å². The van der Waals surface area contributed by atoms with Crippen molar-refractivity contribution in [2.45, 2.75) is 13.5 Å². The fourth-order valence-electron chi connectivity index (χ4n) is 2.27. The SMILES string of the molecule is COc1ncc(-c2nccn2CCNc2ccncc2C)cn1. The maximum absolute atomic E-state index is 4.98. The van der Waals surface area contributed by atoms with E-state index in [0.717, 1.165) is 35.7 Å². The van der Waals surface area contributed by atoms with E-state index in [1.165, 1.54) is 0 Å². The molecule has 0 aromatic carbocycles. The summed E-state index contributed by atoms with van der Waals surface area (Å²) in [5.41, 5.74) is 3.08. The third-order valence-electron chi connectivity index (χ3n) is 3.47. The van der Waals surface area contributed by atoms with Crippen molar-refractivity contribution in [1.29, 1.82) is 0 Å². The van der Waals surface area contributed by atoms with Crippen LogP contribution in [-0.2, 0) is 6.54 Å². The molecule has 3 rings (SSSR count). The molecule has 0 atom stereocenters. The molecule has 0 aliphatic rings. The first-order chi connectivity index (χ1) is 11.3. The molecular formula is C16H18N6O. The highest BCUT2D eigenvalue weighted by molar-refractivity contribution is 5.53. The van der Waals surface area contributed by atoms with E-state index >= 15 is 0 Å². The van der Waals surface area contributed by atoms with Crippen molar-refractivity contribution >= 4 is 5.69 Å². The molecule has 0 saturated carbocycles. The monoisotopic (exact) mass is 310 g/mol. The maximum Gasteiger partial charge on any atom is 0.316 e. The van der Waals surface area contributed by atoms with Gasteiger partial charge in [0, 0.05) is 56.0 Å². The van der Waals surface area contributed by atoms with Crippen LogP contribution >= 0.6 is 0 Å². The van der Waals surface area contributed by atoms with Crippen LogP contribution in [0, 0.1) is 6.92 Å². The lowest BCUT2D eigenvalue weighted by Crippen LogP contribution is -2.11. The molecule has 0 amide bonds. The van der Waals surface area contributed by atoms with E-state index < -0.39 is 0 Å². The second kappa shape index (κ2) is 6.87. The van der Waals surface area contributed by atoms with Crippen molar-refractivity contribution in [2.24, 2.45) is 0 Å². The lowest BCUT2D eigenvalue weighted by Gasteiger charge is -2.11. The molecule has 23 heavy (non-hydrogen) atoms. The van der Waals surface area contributed by atoms with Crippen molar-refractivity contribution in [2.75, 3.05) is 19.0 Å². The average Bonchev–Trinajstić information content (AvgIpc) is 3.05. The molecule has 1 N–H and O–H groups in total. The van der Waals surface area contributed by atoms with Crippen LogP contribution in [0.25, 0.3) is 11.4 Å². The van der Waals surface area contributed by atoms with E-state index in [-0.39, 0.29) is 0 Å². The predicted octanol–water partition coefficient (Wildman–Crippen LogP) is 2.16. The van der Waals surface area contributed by atoms with Crippen LogP contribution < -0.4 is 10.1 Å². The number of nitrogens with one attached hydrogen (secondary N) is 1. The van der Waals surface area contributed by atoms with Crippen molar-refractivity contribution in [3.63, 3.8) is 0 Å². The second-order valence-electron chi connectivity index (χ2n) is 5.02. The minimum atomic E-state index is 0.349. The summed E-state index contributed by atoms with van der Waals surface area (Å²) in [5, 5.41) is 3.41. The van der Waals surface area contributed by atoms with E-state index in [9.17, 15) is 0 Å². The predicted molar refractivity (Wildman–Crippen MR) is 87.3 cm³/mol. The van der Waals surface area contributed by atoms with Crippen LogP contribution in [0.5, 0.6) is 6.01 Å². The Morgan fingerprint density at radius 1 is 1.13 bits per heavy atom. The Balaban J connectivity index is 1.67. The fraction of sp³-hybridized carbons (Fsp3) is 0.250. The first-order valence-corrected chi connectivity index (χ1v) is 7.30. The number of aromatic nitrogens is 5. The summed E-state index contributed by atoms with van der Waals surface area (Å²) in [6.45, 7) is 3.60. The molecule has 0 saturated heterocycles. The number of rotatable bonds is 6. The Morgan fingerprint density at radius 2 is 1.96 bits per heavy atom. The molecule has 7 heteroatoms. The molecule has 0 radical (unpaired) electrons. The summed E-state index contributed by atoms with van der Waals surface area (Å²) < 4.78 is 7.04. The molecule has 0 spiro atoms. The van der Waals surface area contributed by atoms with Gasteiger partial charge in [-0.1, -0.05) is 0 Å². The summed E-state index contributed by atoms with van der Waals surface area (Å²) in [6, 6.07) is 2.32. The van der Waals surface area contributed by atoms with Crippen LogP contribution in [-0.4, -0.2) is 38.2 Å². The summed E-state index contributed by atoms with van der Waals surface area (Å²) in [4.78, 5) is 16.7. The zero-order valence-electron chi connectivity index (χ0n) is 13.1. The number of aryl methyl sites for hydroxylation is 1. The van der Waals surface area contributed by atoms with Crippen LogP contribution in [0.1, 0.15) is 5.56 Å². The van der Waals surface area contributed by atoms with Crippen LogP contribution in [0.4, 0.5) is 5.69 Å². The Morgan fingerprint density at radius 3 is 2.70 bits per heavy atom. The van der Waals surface area contributed by atoms with Gasteiger partial charge < -0.3 is 14.6 Å². The largest absolute Gasteiger partial charge is 0.467 e. The minimum Gasteiger partial charge on any atom is -0.467 e. The van der Waals surface area contributed by atoms with E-state index in [2.05, 4.69) is 29.8 Å². The van der Waals surface area contributed by atoms with Gasteiger partial charge in [-0.3, -0.25) is 4.98 Å². The Kier molecular flexibility index (Phi) is 4.46. The molecule has 3 aromatic heterocycles. The number of hydrogen-bond acceptors (Lipinski definition) is 6. The minimum absolute atomic E-state index is 0.349. The number of anilines is 1. The molecular weight excluding hydrogens is 292 g/mol. The molecule has 7 nitrogen and oxygen atoms in total. The molecule has 3 heterocycles. The van der Waals surface area contributed by atoms with Crippen LogP contribution in [0.3, 0.4) is 0 Å². The van der Waals surface area contributed by atoms with Crippen molar-refractivity contribution < 1.29 is 4.74 Å². The van der Waals surface area contributed by atoms with Gasteiger partial charge in [0.25, 0.3) is 0 Å². The fourth-order valence-corrected chi connectivity index (χ4v) is 2.27. The summed E-state index contributed by atoms with van der Waals surface area (Å²) in [6.07, 6.45) is 10.8. The molecule has 0 unspecified atom stereocenters.